The Balaban J connectivity index is 2.01. The predicted octanol–water partition coefficient (Wildman–Crippen LogP) is 3.53. The number of aromatic amines is 1. The van der Waals surface area contributed by atoms with Gasteiger partial charge in [-0.05, 0) is 36.8 Å². The molecule has 0 fully saturated rings. The summed E-state index contributed by atoms with van der Waals surface area (Å²) < 4.78 is 28.7. The van der Waals surface area contributed by atoms with Crippen LogP contribution in [-0.4, -0.2) is 14.6 Å². The molecule has 2 heterocycles. The molecule has 130 valence electrons. The fourth-order valence-corrected chi connectivity index (χ4v) is 2.98. The van der Waals surface area contributed by atoms with E-state index < -0.39 is 11.6 Å². The lowest BCUT2D eigenvalue weighted by Crippen LogP contribution is -2.14. The van der Waals surface area contributed by atoms with Crippen molar-refractivity contribution in [1.82, 2.24) is 14.6 Å². The Morgan fingerprint density at radius 1 is 1.08 bits per heavy atom. The molecule has 26 heavy (non-hydrogen) atoms. The van der Waals surface area contributed by atoms with Crippen LogP contribution in [0.2, 0.25) is 0 Å². The summed E-state index contributed by atoms with van der Waals surface area (Å²) in [5.41, 5.74) is 8.62. The topological polar surface area (TPSA) is 76.2 Å². The number of H-pyrrole nitrogens is 1. The number of benzene rings is 2. The van der Waals surface area contributed by atoms with E-state index in [1.54, 1.807) is 31.2 Å². The number of hydrogen-bond acceptors (Lipinski definition) is 3. The van der Waals surface area contributed by atoms with Crippen molar-refractivity contribution in [1.29, 1.82) is 0 Å². The monoisotopic (exact) mass is 352 g/mol. The van der Waals surface area contributed by atoms with Crippen molar-refractivity contribution in [3.05, 3.63) is 76.2 Å². The molecule has 0 aliphatic heterocycles. The third-order valence-corrected chi connectivity index (χ3v) is 4.21. The second-order valence-electron chi connectivity index (χ2n) is 5.99. The Morgan fingerprint density at radius 2 is 1.81 bits per heavy atom. The maximum Gasteiger partial charge on any atom is 0.274 e. The second-order valence-corrected chi connectivity index (χ2v) is 5.99. The number of aromatic nitrogens is 3. The average molecular weight is 352 g/mol. The van der Waals surface area contributed by atoms with Crippen LogP contribution in [0.1, 0.15) is 5.69 Å². The third kappa shape index (κ3) is 2.54. The van der Waals surface area contributed by atoms with Crippen molar-refractivity contribution in [3.63, 3.8) is 0 Å². The number of nitrogens with zero attached hydrogens (tertiary/aromatic N) is 2. The molecular formula is C19H14F2N4O. The lowest BCUT2D eigenvalue weighted by molar-refractivity contribution is 0.585. The molecule has 4 rings (SSSR count). The van der Waals surface area contributed by atoms with Crippen LogP contribution in [0.5, 0.6) is 0 Å². The Bertz CT molecular complexity index is 1190. The van der Waals surface area contributed by atoms with Crippen LogP contribution < -0.4 is 11.3 Å². The molecule has 0 spiro atoms. The van der Waals surface area contributed by atoms with E-state index in [2.05, 4.69) is 10.1 Å². The lowest BCUT2D eigenvalue weighted by atomic mass is 10.1. The molecule has 2 aromatic heterocycles. The maximum atomic E-state index is 14.3. The van der Waals surface area contributed by atoms with Gasteiger partial charge in [-0.3, -0.25) is 4.79 Å². The highest BCUT2D eigenvalue weighted by molar-refractivity contribution is 5.81. The highest BCUT2D eigenvalue weighted by atomic mass is 19.1. The van der Waals surface area contributed by atoms with Gasteiger partial charge in [-0.2, -0.15) is 9.61 Å². The third-order valence-electron chi connectivity index (χ3n) is 4.21. The van der Waals surface area contributed by atoms with Gasteiger partial charge < -0.3 is 10.7 Å². The molecule has 0 bridgehead atoms. The minimum absolute atomic E-state index is 0.170. The smallest absolute Gasteiger partial charge is 0.274 e. The summed E-state index contributed by atoms with van der Waals surface area (Å²) in [7, 11) is 0. The molecule has 0 saturated carbocycles. The first-order valence-corrected chi connectivity index (χ1v) is 7.88. The summed E-state index contributed by atoms with van der Waals surface area (Å²) in [6.07, 6.45) is 0. The lowest BCUT2D eigenvalue weighted by Gasteiger charge is -2.06. The van der Waals surface area contributed by atoms with Gasteiger partial charge in [-0.25, -0.2) is 8.78 Å². The number of nitrogens with one attached hydrogen (secondary N) is 1. The zero-order valence-corrected chi connectivity index (χ0v) is 13.8. The summed E-state index contributed by atoms with van der Waals surface area (Å²) >= 11 is 0. The van der Waals surface area contributed by atoms with Gasteiger partial charge in [0.05, 0.1) is 17.0 Å². The fourth-order valence-electron chi connectivity index (χ4n) is 2.98. The molecule has 0 radical (unpaired) electrons. The standard InChI is InChI=1S/C19H14F2N4O/c1-10-18(14-7-4-12(20)8-15(14)21)19-23-16(9-17(26)25(19)24-10)11-2-5-13(22)6-3-11/h2-9,23H,22H2,1H3. The van der Waals surface area contributed by atoms with E-state index in [1.165, 1.54) is 22.7 Å². The van der Waals surface area contributed by atoms with Gasteiger partial charge in [0.25, 0.3) is 5.56 Å². The molecule has 0 saturated heterocycles. The van der Waals surface area contributed by atoms with Gasteiger partial charge in [0.2, 0.25) is 0 Å². The molecule has 0 atom stereocenters. The van der Waals surface area contributed by atoms with Gasteiger partial charge >= 0.3 is 0 Å². The molecule has 3 N–H and O–H groups in total. The number of nitrogens with two attached hydrogens (primary N) is 1. The first-order valence-electron chi connectivity index (χ1n) is 7.88. The summed E-state index contributed by atoms with van der Waals surface area (Å²) in [6.45, 7) is 1.67. The number of rotatable bonds is 2. The number of hydrogen-bond donors (Lipinski definition) is 2. The first-order chi connectivity index (χ1) is 12.4. The van der Waals surface area contributed by atoms with E-state index in [1.807, 2.05) is 0 Å². The number of anilines is 1. The zero-order chi connectivity index (χ0) is 18.4. The van der Waals surface area contributed by atoms with Crippen molar-refractivity contribution in [2.45, 2.75) is 6.92 Å². The molecule has 0 aliphatic carbocycles. The maximum absolute atomic E-state index is 14.3. The molecule has 0 aliphatic rings. The number of aryl methyl sites for hydroxylation is 1. The fraction of sp³-hybridized carbons (Fsp3) is 0.0526. The van der Waals surface area contributed by atoms with Crippen LogP contribution in [-0.2, 0) is 0 Å². The van der Waals surface area contributed by atoms with Crippen molar-refractivity contribution < 1.29 is 8.78 Å². The van der Waals surface area contributed by atoms with E-state index in [-0.39, 0.29) is 11.1 Å². The Hall–Kier alpha value is -3.48. The molecule has 0 amide bonds. The normalized spacial score (nSPS) is 11.2. The summed E-state index contributed by atoms with van der Waals surface area (Å²) in [6, 6.07) is 11.7. The Labute approximate surface area is 146 Å². The van der Waals surface area contributed by atoms with E-state index in [0.29, 0.717) is 28.3 Å². The zero-order valence-electron chi connectivity index (χ0n) is 13.8. The second kappa shape index (κ2) is 5.80. The quantitative estimate of drug-likeness (QED) is 0.542. The minimum Gasteiger partial charge on any atom is -0.399 e. The molecular weight excluding hydrogens is 338 g/mol. The summed E-state index contributed by atoms with van der Waals surface area (Å²) in [5.74, 6) is -1.39. The highest BCUT2D eigenvalue weighted by Crippen LogP contribution is 2.30. The van der Waals surface area contributed by atoms with Crippen molar-refractivity contribution in [2.75, 3.05) is 5.73 Å². The van der Waals surface area contributed by atoms with E-state index >= 15 is 0 Å². The largest absolute Gasteiger partial charge is 0.399 e. The van der Waals surface area contributed by atoms with E-state index in [4.69, 9.17) is 5.73 Å². The van der Waals surface area contributed by atoms with Crippen molar-refractivity contribution in [2.24, 2.45) is 0 Å². The van der Waals surface area contributed by atoms with Gasteiger partial charge in [-0.15, -0.1) is 0 Å². The van der Waals surface area contributed by atoms with Crippen LogP contribution >= 0.6 is 0 Å². The highest BCUT2D eigenvalue weighted by Gasteiger charge is 2.18. The molecule has 5 nitrogen and oxygen atoms in total. The summed E-state index contributed by atoms with van der Waals surface area (Å²) in [4.78, 5) is 15.6. The van der Waals surface area contributed by atoms with E-state index in [9.17, 15) is 13.6 Å². The van der Waals surface area contributed by atoms with Gasteiger partial charge in [0, 0.05) is 23.4 Å². The van der Waals surface area contributed by atoms with Crippen molar-refractivity contribution >= 4 is 11.3 Å². The van der Waals surface area contributed by atoms with Gasteiger partial charge in [0.15, 0.2) is 0 Å². The molecule has 4 aromatic rings. The summed E-state index contributed by atoms with van der Waals surface area (Å²) in [5, 5.41) is 4.19. The SMILES string of the molecule is Cc1nn2c(=O)cc(-c3ccc(N)cc3)[nH]c2c1-c1ccc(F)cc1F. The molecule has 7 heteroatoms. The van der Waals surface area contributed by atoms with Crippen LogP contribution in [0, 0.1) is 18.6 Å². The predicted molar refractivity (Wildman–Crippen MR) is 95.8 cm³/mol. The minimum atomic E-state index is -0.721. The number of fused-ring (bicyclic) bond motifs is 1. The van der Waals surface area contributed by atoms with Crippen LogP contribution in [0.15, 0.2) is 53.3 Å². The Morgan fingerprint density at radius 3 is 2.50 bits per heavy atom. The molecule has 2 aromatic carbocycles. The number of nitrogen functional groups attached to an aromatic ring is 1. The van der Waals surface area contributed by atoms with Gasteiger partial charge in [0.1, 0.15) is 17.3 Å². The van der Waals surface area contributed by atoms with Crippen LogP contribution in [0.3, 0.4) is 0 Å². The first kappa shape index (κ1) is 16.0. The van der Waals surface area contributed by atoms with Crippen molar-refractivity contribution in [3.8, 4) is 22.4 Å². The van der Waals surface area contributed by atoms with Crippen LogP contribution in [0.4, 0.5) is 14.5 Å². The average Bonchev–Trinajstić information content (AvgIpc) is 2.92. The van der Waals surface area contributed by atoms with E-state index in [0.717, 1.165) is 11.6 Å². The Kier molecular flexibility index (Phi) is 3.57. The van der Waals surface area contributed by atoms with Crippen LogP contribution in [0.25, 0.3) is 28.0 Å². The van der Waals surface area contributed by atoms with Gasteiger partial charge in [-0.1, -0.05) is 12.1 Å². The number of halogens is 2. The molecule has 0 unspecified atom stereocenters.